The van der Waals surface area contributed by atoms with Gasteiger partial charge in [-0.2, -0.15) is 0 Å². The number of likely N-dealkylation sites (tertiary alicyclic amines) is 1. The summed E-state index contributed by atoms with van der Waals surface area (Å²) in [5.41, 5.74) is 2.48. The first-order valence-electron chi connectivity index (χ1n) is 8.61. The molecule has 2 rings (SSSR count). The van der Waals surface area contributed by atoms with Crippen molar-refractivity contribution in [2.24, 2.45) is 5.92 Å². The molecular weight excluding hydrogens is 292 g/mol. The van der Waals surface area contributed by atoms with E-state index in [1.165, 1.54) is 17.7 Å². The van der Waals surface area contributed by atoms with Crippen molar-refractivity contribution in [1.82, 2.24) is 4.98 Å². The van der Waals surface area contributed by atoms with E-state index in [-0.39, 0.29) is 17.8 Å². The average Bonchev–Trinajstić information content (AvgIpc) is 2.81. The zero-order valence-corrected chi connectivity index (χ0v) is 14.9. The smallest absolute Gasteiger partial charge is 0.340 e. The fourth-order valence-corrected chi connectivity index (χ4v) is 3.63. The SMILES string of the molecule is CCOC(=O)c1c(C)[nH]c(C(=O)[C@H](C)[NH+]2CCC[C@H](C)C2)c1C. The van der Waals surface area contributed by atoms with Crippen LogP contribution in [0.15, 0.2) is 0 Å². The third kappa shape index (κ3) is 3.66. The largest absolute Gasteiger partial charge is 0.462 e. The average molecular weight is 321 g/mol. The van der Waals surface area contributed by atoms with Gasteiger partial charge in [-0.15, -0.1) is 0 Å². The number of piperidine rings is 1. The van der Waals surface area contributed by atoms with Crippen molar-refractivity contribution in [3.8, 4) is 0 Å². The monoisotopic (exact) mass is 321 g/mol. The Balaban J connectivity index is 2.22. The molecule has 5 nitrogen and oxygen atoms in total. The van der Waals surface area contributed by atoms with Crippen LogP contribution in [0, 0.1) is 19.8 Å². The van der Waals surface area contributed by atoms with Gasteiger partial charge in [-0.05, 0) is 46.1 Å². The summed E-state index contributed by atoms with van der Waals surface area (Å²) >= 11 is 0. The molecule has 0 aromatic carbocycles. The number of aromatic nitrogens is 1. The molecule has 1 unspecified atom stereocenters. The van der Waals surface area contributed by atoms with E-state index in [4.69, 9.17) is 4.74 Å². The van der Waals surface area contributed by atoms with Gasteiger partial charge in [-0.1, -0.05) is 6.92 Å². The van der Waals surface area contributed by atoms with Crippen molar-refractivity contribution in [2.75, 3.05) is 19.7 Å². The molecule has 1 aromatic heterocycles. The minimum absolute atomic E-state index is 0.0882. The highest BCUT2D eigenvalue weighted by Crippen LogP contribution is 2.20. The Kier molecular flexibility index (Phi) is 5.63. The van der Waals surface area contributed by atoms with Gasteiger partial charge in [-0.3, -0.25) is 4.79 Å². The number of H-pyrrole nitrogens is 1. The summed E-state index contributed by atoms with van der Waals surface area (Å²) in [6.07, 6.45) is 2.42. The lowest BCUT2D eigenvalue weighted by molar-refractivity contribution is -0.921. The van der Waals surface area contributed by atoms with Crippen LogP contribution in [0.1, 0.15) is 65.7 Å². The lowest BCUT2D eigenvalue weighted by atomic mass is 9.97. The highest BCUT2D eigenvalue weighted by Gasteiger charge is 2.33. The second-order valence-corrected chi connectivity index (χ2v) is 6.79. The van der Waals surface area contributed by atoms with E-state index in [9.17, 15) is 9.59 Å². The number of ether oxygens (including phenoxy) is 1. The molecule has 1 fully saturated rings. The zero-order valence-electron chi connectivity index (χ0n) is 14.9. The molecule has 0 spiro atoms. The van der Waals surface area contributed by atoms with Crippen LogP contribution in [0.4, 0.5) is 0 Å². The van der Waals surface area contributed by atoms with Crippen LogP contribution in [0.3, 0.4) is 0 Å². The van der Waals surface area contributed by atoms with E-state index in [0.29, 0.717) is 35.0 Å². The molecule has 0 aliphatic carbocycles. The highest BCUT2D eigenvalue weighted by molar-refractivity contribution is 6.03. The molecule has 5 heteroatoms. The van der Waals surface area contributed by atoms with Crippen molar-refractivity contribution in [3.63, 3.8) is 0 Å². The van der Waals surface area contributed by atoms with Gasteiger partial charge in [0.1, 0.15) is 6.04 Å². The Morgan fingerprint density at radius 2 is 2.09 bits per heavy atom. The normalized spacial score (nSPS) is 22.7. The number of nitrogens with one attached hydrogen (secondary N) is 2. The van der Waals surface area contributed by atoms with Crippen molar-refractivity contribution in [2.45, 2.75) is 53.5 Å². The van der Waals surface area contributed by atoms with Crippen molar-refractivity contribution >= 4 is 11.8 Å². The molecule has 1 aliphatic heterocycles. The van der Waals surface area contributed by atoms with E-state index in [1.807, 2.05) is 20.8 Å². The number of aromatic amines is 1. The molecular formula is C18H29N2O3+. The van der Waals surface area contributed by atoms with E-state index in [2.05, 4.69) is 11.9 Å². The number of aryl methyl sites for hydroxylation is 1. The number of esters is 1. The molecule has 0 bridgehead atoms. The summed E-state index contributed by atoms with van der Waals surface area (Å²) in [5.74, 6) is 0.394. The molecule has 1 saturated heterocycles. The standard InChI is InChI=1S/C18H28N2O3/c1-6-23-18(22)15-12(3)16(19-13(15)4)17(21)14(5)20-9-7-8-11(2)10-20/h11,14,19H,6-10H2,1-5H3/p+1/t11-,14-/m0/s1. The first-order chi connectivity index (χ1) is 10.9. The van der Waals surface area contributed by atoms with Crippen LogP contribution in [0.25, 0.3) is 0 Å². The van der Waals surface area contributed by atoms with Crippen LogP contribution in [0.5, 0.6) is 0 Å². The second kappa shape index (κ2) is 7.30. The Morgan fingerprint density at radius 3 is 2.70 bits per heavy atom. The van der Waals surface area contributed by atoms with Gasteiger partial charge in [0.05, 0.1) is 31.0 Å². The van der Waals surface area contributed by atoms with Crippen LogP contribution in [0.2, 0.25) is 0 Å². The predicted octanol–water partition coefficient (Wildman–Crippen LogP) is 1.69. The molecule has 3 atom stereocenters. The van der Waals surface area contributed by atoms with Gasteiger partial charge in [0.15, 0.2) is 0 Å². The van der Waals surface area contributed by atoms with Gasteiger partial charge >= 0.3 is 5.97 Å². The summed E-state index contributed by atoms with van der Waals surface area (Å²) in [6.45, 7) is 12.1. The minimum atomic E-state index is -0.357. The summed E-state index contributed by atoms with van der Waals surface area (Å²) in [6, 6.07) is -0.0930. The number of hydrogen-bond acceptors (Lipinski definition) is 3. The molecule has 23 heavy (non-hydrogen) atoms. The number of quaternary nitrogens is 1. The first kappa shape index (κ1) is 17.7. The Morgan fingerprint density at radius 1 is 1.39 bits per heavy atom. The summed E-state index contributed by atoms with van der Waals surface area (Å²) in [7, 11) is 0. The topological polar surface area (TPSA) is 63.6 Å². The number of hydrogen-bond donors (Lipinski definition) is 2. The lowest BCUT2D eigenvalue weighted by Gasteiger charge is -2.31. The second-order valence-electron chi connectivity index (χ2n) is 6.79. The molecule has 0 radical (unpaired) electrons. The summed E-state index contributed by atoms with van der Waals surface area (Å²) < 4.78 is 5.10. The highest BCUT2D eigenvalue weighted by atomic mass is 16.5. The van der Waals surface area contributed by atoms with Gasteiger partial charge in [0.25, 0.3) is 0 Å². The number of ketones is 1. The van der Waals surface area contributed by atoms with E-state index in [0.717, 1.165) is 13.1 Å². The van der Waals surface area contributed by atoms with Crippen LogP contribution in [-0.4, -0.2) is 42.5 Å². The van der Waals surface area contributed by atoms with E-state index in [1.54, 1.807) is 6.92 Å². The van der Waals surface area contributed by atoms with Gasteiger partial charge in [-0.25, -0.2) is 4.79 Å². The van der Waals surface area contributed by atoms with Crippen molar-refractivity contribution < 1.29 is 19.2 Å². The summed E-state index contributed by atoms with van der Waals surface area (Å²) in [4.78, 5) is 29.5. The third-order valence-electron chi connectivity index (χ3n) is 4.97. The number of carbonyl (C=O) groups excluding carboxylic acids is 2. The molecule has 1 aromatic rings. The van der Waals surface area contributed by atoms with Crippen molar-refractivity contribution in [1.29, 1.82) is 0 Å². The molecule has 0 saturated carbocycles. The molecule has 128 valence electrons. The van der Waals surface area contributed by atoms with Crippen LogP contribution < -0.4 is 4.90 Å². The minimum Gasteiger partial charge on any atom is -0.462 e. The Bertz CT molecular complexity index is 591. The van der Waals surface area contributed by atoms with Crippen LogP contribution >= 0.6 is 0 Å². The van der Waals surface area contributed by atoms with Crippen molar-refractivity contribution in [3.05, 3.63) is 22.5 Å². The fourth-order valence-electron chi connectivity index (χ4n) is 3.63. The maximum atomic E-state index is 12.9. The fraction of sp³-hybridized carbons (Fsp3) is 0.667. The van der Waals surface area contributed by atoms with Gasteiger partial charge in [0, 0.05) is 11.6 Å². The lowest BCUT2D eigenvalue weighted by Crippen LogP contribution is -3.17. The Hall–Kier alpha value is -1.62. The van der Waals surface area contributed by atoms with Gasteiger partial charge < -0.3 is 14.6 Å². The maximum Gasteiger partial charge on any atom is 0.340 e. The maximum absolute atomic E-state index is 12.9. The van der Waals surface area contributed by atoms with E-state index >= 15 is 0 Å². The third-order valence-corrected chi connectivity index (χ3v) is 4.97. The van der Waals surface area contributed by atoms with Gasteiger partial charge in [0.2, 0.25) is 5.78 Å². The molecule has 0 amide bonds. The number of Topliss-reactive ketones (excluding diaryl/α,β-unsaturated/α-hetero) is 1. The molecule has 2 N–H and O–H groups in total. The predicted molar refractivity (Wildman–Crippen MR) is 89.1 cm³/mol. The summed E-state index contributed by atoms with van der Waals surface area (Å²) in [5, 5.41) is 0. The number of carbonyl (C=O) groups is 2. The quantitative estimate of drug-likeness (QED) is 0.641. The number of rotatable bonds is 5. The Labute approximate surface area is 138 Å². The molecule has 2 heterocycles. The van der Waals surface area contributed by atoms with E-state index < -0.39 is 0 Å². The molecule has 1 aliphatic rings. The van der Waals surface area contributed by atoms with Crippen LogP contribution in [-0.2, 0) is 4.74 Å². The first-order valence-corrected chi connectivity index (χ1v) is 8.61. The zero-order chi connectivity index (χ0) is 17.1.